The third-order valence-corrected chi connectivity index (χ3v) is 4.84. The molecule has 90 valence electrons. The number of hydrogen-bond donors (Lipinski definition) is 1. The van der Waals surface area contributed by atoms with Gasteiger partial charge in [-0.3, -0.25) is 4.90 Å². The molecule has 6 nitrogen and oxygen atoms in total. The summed E-state index contributed by atoms with van der Waals surface area (Å²) in [6.07, 6.45) is 0. The molecule has 16 heavy (non-hydrogen) atoms. The number of piperazine rings is 1. The lowest BCUT2D eigenvalue weighted by Crippen LogP contribution is -2.62. The standard InChI is InChI=1S/C9H16N4O2S/c10-1-6-16(14,15)13-4-2-12(3-5-13)9-7-11-8-9/h9,11H,2-8H2. The molecule has 0 aromatic rings. The summed E-state index contributed by atoms with van der Waals surface area (Å²) in [4.78, 5) is 2.31. The summed E-state index contributed by atoms with van der Waals surface area (Å²) >= 11 is 0. The van der Waals surface area contributed by atoms with Gasteiger partial charge < -0.3 is 5.32 Å². The zero-order chi connectivity index (χ0) is 11.6. The fourth-order valence-corrected chi connectivity index (χ4v) is 3.12. The first kappa shape index (κ1) is 11.8. The van der Waals surface area contributed by atoms with Crippen LogP contribution >= 0.6 is 0 Å². The Kier molecular flexibility index (Phi) is 3.44. The molecule has 0 unspecified atom stereocenters. The van der Waals surface area contributed by atoms with E-state index in [9.17, 15) is 8.42 Å². The van der Waals surface area contributed by atoms with Crippen LogP contribution in [0.4, 0.5) is 0 Å². The number of rotatable bonds is 3. The number of nitrogens with zero attached hydrogens (tertiary/aromatic N) is 3. The van der Waals surface area contributed by atoms with E-state index in [1.165, 1.54) is 4.31 Å². The molecular formula is C9H16N4O2S. The van der Waals surface area contributed by atoms with Crippen LogP contribution in [0, 0.1) is 11.3 Å². The Morgan fingerprint density at radius 1 is 1.25 bits per heavy atom. The van der Waals surface area contributed by atoms with Crippen LogP contribution in [0.3, 0.4) is 0 Å². The van der Waals surface area contributed by atoms with E-state index >= 15 is 0 Å². The van der Waals surface area contributed by atoms with E-state index in [2.05, 4.69) is 10.2 Å². The first-order valence-electron chi connectivity index (χ1n) is 5.43. The summed E-state index contributed by atoms with van der Waals surface area (Å²) < 4.78 is 24.7. The highest BCUT2D eigenvalue weighted by Gasteiger charge is 2.31. The third kappa shape index (κ3) is 2.35. The van der Waals surface area contributed by atoms with Crippen molar-refractivity contribution < 1.29 is 8.42 Å². The van der Waals surface area contributed by atoms with Crippen LogP contribution < -0.4 is 5.32 Å². The topological polar surface area (TPSA) is 76.4 Å². The summed E-state index contributed by atoms with van der Waals surface area (Å²) in [7, 11) is -3.34. The average molecular weight is 244 g/mol. The number of nitriles is 1. The molecule has 2 aliphatic heterocycles. The van der Waals surface area contributed by atoms with Crippen molar-refractivity contribution in [2.75, 3.05) is 45.0 Å². The molecular weight excluding hydrogens is 228 g/mol. The van der Waals surface area contributed by atoms with E-state index in [4.69, 9.17) is 5.26 Å². The minimum absolute atomic E-state index is 0.405. The predicted molar refractivity (Wildman–Crippen MR) is 59.2 cm³/mol. The quantitative estimate of drug-likeness (QED) is 0.649. The highest BCUT2D eigenvalue weighted by atomic mass is 32.2. The van der Waals surface area contributed by atoms with Crippen LogP contribution in [-0.4, -0.2) is 68.7 Å². The second kappa shape index (κ2) is 4.67. The molecule has 0 amide bonds. The van der Waals surface area contributed by atoms with Gasteiger partial charge in [0.05, 0.1) is 6.07 Å². The molecule has 1 N–H and O–H groups in total. The SMILES string of the molecule is N#CCS(=O)(=O)N1CCN(C2CNC2)CC1. The molecule has 2 fully saturated rings. The summed E-state index contributed by atoms with van der Waals surface area (Å²) in [5, 5.41) is 11.6. The van der Waals surface area contributed by atoms with Crippen LogP contribution in [-0.2, 0) is 10.0 Å². The molecule has 2 aliphatic rings. The molecule has 0 aliphatic carbocycles. The van der Waals surface area contributed by atoms with Gasteiger partial charge in [-0.25, -0.2) is 8.42 Å². The lowest BCUT2D eigenvalue weighted by molar-refractivity contribution is 0.103. The van der Waals surface area contributed by atoms with Crippen molar-refractivity contribution in [3.63, 3.8) is 0 Å². The Bertz CT molecular complexity index is 377. The molecule has 0 atom stereocenters. The molecule has 0 saturated carbocycles. The van der Waals surface area contributed by atoms with Crippen molar-refractivity contribution >= 4 is 10.0 Å². The predicted octanol–water partition coefficient (Wildman–Crippen LogP) is -1.57. The second-order valence-electron chi connectivity index (χ2n) is 4.16. The van der Waals surface area contributed by atoms with Crippen LogP contribution in [0.5, 0.6) is 0 Å². The Balaban J connectivity index is 1.87. The van der Waals surface area contributed by atoms with Gasteiger partial charge in [-0.2, -0.15) is 9.57 Å². The Morgan fingerprint density at radius 3 is 2.31 bits per heavy atom. The first-order chi connectivity index (χ1) is 7.63. The molecule has 0 aromatic heterocycles. The van der Waals surface area contributed by atoms with Gasteiger partial charge in [-0.1, -0.05) is 0 Å². The molecule has 7 heteroatoms. The lowest BCUT2D eigenvalue weighted by Gasteiger charge is -2.42. The second-order valence-corrected chi connectivity index (χ2v) is 6.13. The highest BCUT2D eigenvalue weighted by Crippen LogP contribution is 2.12. The zero-order valence-electron chi connectivity index (χ0n) is 9.09. The number of hydrogen-bond acceptors (Lipinski definition) is 5. The van der Waals surface area contributed by atoms with Crippen molar-refractivity contribution in [1.82, 2.24) is 14.5 Å². The molecule has 2 saturated heterocycles. The van der Waals surface area contributed by atoms with E-state index < -0.39 is 15.8 Å². The van der Waals surface area contributed by atoms with Gasteiger partial charge in [0.15, 0.2) is 5.75 Å². The fourth-order valence-electron chi connectivity index (χ4n) is 2.05. The largest absolute Gasteiger partial charge is 0.314 e. The maximum absolute atomic E-state index is 11.6. The van der Waals surface area contributed by atoms with Crippen molar-refractivity contribution in [1.29, 1.82) is 5.26 Å². The van der Waals surface area contributed by atoms with Gasteiger partial charge in [-0.05, 0) is 0 Å². The van der Waals surface area contributed by atoms with Crippen molar-refractivity contribution in [3.8, 4) is 6.07 Å². The van der Waals surface area contributed by atoms with Gasteiger partial charge in [0.2, 0.25) is 10.0 Å². The Morgan fingerprint density at radius 2 is 1.88 bits per heavy atom. The van der Waals surface area contributed by atoms with Crippen LogP contribution in [0.15, 0.2) is 0 Å². The first-order valence-corrected chi connectivity index (χ1v) is 7.04. The number of nitrogens with one attached hydrogen (secondary N) is 1. The van der Waals surface area contributed by atoms with Crippen molar-refractivity contribution in [2.24, 2.45) is 0 Å². The maximum Gasteiger partial charge on any atom is 0.227 e. The Labute approximate surface area is 95.9 Å². The van der Waals surface area contributed by atoms with Gasteiger partial charge in [0.25, 0.3) is 0 Å². The molecule has 0 bridgehead atoms. The van der Waals surface area contributed by atoms with Crippen LogP contribution in [0.2, 0.25) is 0 Å². The molecule has 0 spiro atoms. The fraction of sp³-hybridized carbons (Fsp3) is 0.889. The summed E-state index contributed by atoms with van der Waals surface area (Å²) in [5.74, 6) is -0.405. The minimum Gasteiger partial charge on any atom is -0.314 e. The van der Waals surface area contributed by atoms with E-state index in [1.54, 1.807) is 6.07 Å². The lowest BCUT2D eigenvalue weighted by atomic mass is 10.1. The smallest absolute Gasteiger partial charge is 0.227 e. The average Bonchev–Trinajstić information content (AvgIpc) is 2.16. The van der Waals surface area contributed by atoms with Gasteiger partial charge in [0, 0.05) is 45.3 Å². The van der Waals surface area contributed by atoms with Crippen LogP contribution in [0.25, 0.3) is 0 Å². The van der Waals surface area contributed by atoms with E-state index in [-0.39, 0.29) is 0 Å². The van der Waals surface area contributed by atoms with Gasteiger partial charge in [0.1, 0.15) is 0 Å². The Hall–Kier alpha value is -0.680. The summed E-state index contributed by atoms with van der Waals surface area (Å²) in [5.41, 5.74) is 0. The maximum atomic E-state index is 11.6. The zero-order valence-corrected chi connectivity index (χ0v) is 9.91. The van der Waals surface area contributed by atoms with Crippen molar-refractivity contribution in [3.05, 3.63) is 0 Å². The highest BCUT2D eigenvalue weighted by molar-refractivity contribution is 7.89. The van der Waals surface area contributed by atoms with Gasteiger partial charge in [-0.15, -0.1) is 0 Å². The minimum atomic E-state index is -3.34. The molecule has 2 rings (SSSR count). The summed E-state index contributed by atoms with van der Waals surface area (Å²) in [6, 6.07) is 2.28. The number of sulfonamides is 1. The molecule has 2 heterocycles. The molecule has 0 aromatic carbocycles. The van der Waals surface area contributed by atoms with E-state index in [0.29, 0.717) is 19.1 Å². The van der Waals surface area contributed by atoms with Crippen LogP contribution in [0.1, 0.15) is 0 Å². The van der Waals surface area contributed by atoms with Gasteiger partial charge >= 0.3 is 0 Å². The molecule has 0 radical (unpaired) electrons. The third-order valence-electron chi connectivity index (χ3n) is 3.19. The monoisotopic (exact) mass is 244 g/mol. The van der Waals surface area contributed by atoms with E-state index in [1.807, 2.05) is 0 Å². The summed E-state index contributed by atoms with van der Waals surface area (Å²) in [6.45, 7) is 4.59. The van der Waals surface area contributed by atoms with Crippen molar-refractivity contribution in [2.45, 2.75) is 6.04 Å². The van der Waals surface area contributed by atoms with E-state index in [0.717, 1.165) is 26.2 Å². The normalized spacial score (nSPS) is 24.9.